The third-order valence-corrected chi connectivity index (χ3v) is 8.02. The average molecular weight is 710 g/mol. The van der Waals surface area contributed by atoms with Crippen molar-refractivity contribution >= 4 is 31.9 Å². The number of hydrogen-bond acceptors (Lipinski definition) is 5. The second-order valence-electron chi connectivity index (χ2n) is 9.11. The van der Waals surface area contributed by atoms with Crippen molar-refractivity contribution in [3.8, 4) is 0 Å². The molecule has 2 aromatic rings. The molecular weight excluding hydrogens is 694 g/mol. The molecule has 0 aromatic heterocycles. The van der Waals surface area contributed by atoms with Crippen LogP contribution < -0.4 is 0 Å². The second-order valence-corrected chi connectivity index (χ2v) is 11.0. The van der Waals surface area contributed by atoms with Gasteiger partial charge in [0.1, 0.15) is 11.5 Å². The van der Waals surface area contributed by atoms with Gasteiger partial charge in [0.25, 0.3) is 11.1 Å². The summed E-state index contributed by atoms with van der Waals surface area (Å²) in [6, 6.07) is 8.24. The minimum absolute atomic E-state index is 0.0170. The van der Waals surface area contributed by atoms with Gasteiger partial charge in [-0.15, -0.1) is 0 Å². The quantitative estimate of drug-likeness (QED) is 0.170. The maximum absolute atomic E-state index is 13.7. The number of rotatable bonds is 6. The van der Waals surface area contributed by atoms with Crippen molar-refractivity contribution in [3.05, 3.63) is 136 Å². The van der Waals surface area contributed by atoms with E-state index < -0.39 is 68.4 Å². The second kappa shape index (κ2) is 10.7. The molecular formula is C26H16Br2F6N2O5. The minimum atomic E-state index is -4.86. The Morgan fingerprint density at radius 3 is 1.32 bits per heavy atom. The highest BCUT2D eigenvalue weighted by Gasteiger charge is 2.52. The van der Waals surface area contributed by atoms with Crippen molar-refractivity contribution in [1.82, 2.24) is 0 Å². The third-order valence-electron chi connectivity index (χ3n) is 6.67. The molecule has 0 bridgehead atoms. The minimum Gasteiger partial charge on any atom is -0.456 e. The number of halogens is 8. The Labute approximate surface area is 244 Å². The van der Waals surface area contributed by atoms with E-state index in [1.165, 1.54) is 12.1 Å². The van der Waals surface area contributed by atoms with Gasteiger partial charge < -0.3 is 4.74 Å². The van der Waals surface area contributed by atoms with Gasteiger partial charge in [0.15, 0.2) is 0 Å². The molecule has 0 N–H and O–H groups in total. The van der Waals surface area contributed by atoms with Crippen LogP contribution in [0.1, 0.15) is 35.1 Å². The predicted octanol–water partition coefficient (Wildman–Crippen LogP) is 8.52. The fourth-order valence-corrected chi connectivity index (χ4v) is 5.98. The first kappa shape index (κ1) is 30.5. The summed E-state index contributed by atoms with van der Waals surface area (Å²) >= 11 is 6.31. The van der Waals surface area contributed by atoms with E-state index in [0.717, 1.165) is 60.7 Å². The first-order chi connectivity index (χ1) is 19.0. The van der Waals surface area contributed by atoms with Crippen LogP contribution in [0, 0.1) is 20.2 Å². The molecule has 0 amide bonds. The summed E-state index contributed by atoms with van der Waals surface area (Å²) in [6.45, 7) is 0. The zero-order valence-corrected chi connectivity index (χ0v) is 23.5. The van der Waals surface area contributed by atoms with Crippen molar-refractivity contribution in [2.24, 2.45) is 0 Å². The Kier molecular flexibility index (Phi) is 7.99. The zero-order valence-electron chi connectivity index (χ0n) is 20.3. The largest absolute Gasteiger partial charge is 0.456 e. The lowest BCUT2D eigenvalue weighted by molar-refractivity contribution is -0.564. The van der Waals surface area contributed by atoms with E-state index in [2.05, 4.69) is 31.9 Å². The van der Waals surface area contributed by atoms with Crippen LogP contribution in [0.2, 0.25) is 0 Å². The summed E-state index contributed by atoms with van der Waals surface area (Å²) in [5, 5.41) is 24.3. The molecule has 0 heterocycles. The maximum atomic E-state index is 13.7. The van der Waals surface area contributed by atoms with E-state index in [4.69, 9.17) is 4.74 Å². The highest BCUT2D eigenvalue weighted by Crippen LogP contribution is 2.48. The summed E-state index contributed by atoms with van der Waals surface area (Å²) in [6.07, 6.45) is -6.75. The monoisotopic (exact) mass is 708 g/mol. The Balaban J connectivity index is 1.68. The molecule has 15 heteroatoms. The lowest BCUT2D eigenvalue weighted by Gasteiger charge is -2.30. The highest BCUT2D eigenvalue weighted by molar-refractivity contribution is 9.12. The first-order valence-corrected chi connectivity index (χ1v) is 13.1. The average Bonchev–Trinajstić information content (AvgIpc) is 2.89. The maximum Gasteiger partial charge on any atom is 0.416 e. The molecule has 0 saturated heterocycles. The summed E-state index contributed by atoms with van der Waals surface area (Å²) in [5.74, 6) is -0.0966. The van der Waals surface area contributed by atoms with Gasteiger partial charge in [-0.25, -0.2) is 0 Å². The number of alkyl halides is 6. The third kappa shape index (κ3) is 5.56. The molecule has 0 radical (unpaired) electrons. The number of ether oxygens (including phenoxy) is 1. The number of hydrogen-bond donors (Lipinski definition) is 0. The summed E-state index contributed by atoms with van der Waals surface area (Å²) in [4.78, 5) is 22.6. The van der Waals surface area contributed by atoms with Gasteiger partial charge >= 0.3 is 12.4 Å². The Hall–Kier alpha value is -3.46. The van der Waals surface area contributed by atoms with E-state index in [9.17, 15) is 46.6 Å². The van der Waals surface area contributed by atoms with Crippen molar-refractivity contribution in [2.75, 3.05) is 0 Å². The molecule has 4 rings (SSSR count). The number of nitrogens with zero attached hydrogens (tertiary/aromatic N) is 2. The molecule has 2 aliphatic carbocycles. The van der Waals surface area contributed by atoms with Gasteiger partial charge in [0, 0.05) is 42.1 Å². The Morgan fingerprint density at radius 2 is 1.02 bits per heavy atom. The van der Waals surface area contributed by atoms with Crippen molar-refractivity contribution in [1.29, 1.82) is 0 Å². The molecule has 2 unspecified atom stereocenters. The molecule has 2 aliphatic rings. The molecule has 2 atom stereocenters. The van der Waals surface area contributed by atoms with Crippen LogP contribution in [0.3, 0.4) is 0 Å². The molecule has 0 saturated carbocycles. The molecule has 0 spiro atoms. The topological polar surface area (TPSA) is 95.5 Å². The molecule has 216 valence electrons. The SMILES string of the molecule is O=[N+]([O-])C1(c2ccccc2C(F)(F)F)C=CC(OC2=C(Br)CC(c3ccccc3C(F)(F)F)([N+](=O)[O-])C=C2)=C(Br)C1. The van der Waals surface area contributed by atoms with E-state index in [-0.39, 0.29) is 20.5 Å². The fraction of sp³-hybridized carbons (Fsp3) is 0.231. The van der Waals surface area contributed by atoms with Crippen LogP contribution in [-0.4, -0.2) is 9.85 Å². The number of nitro groups is 2. The van der Waals surface area contributed by atoms with Gasteiger partial charge in [-0.1, -0.05) is 68.3 Å². The lowest BCUT2D eigenvalue weighted by Crippen LogP contribution is -2.37. The summed E-state index contributed by atoms with van der Waals surface area (Å²) in [5.41, 5.74) is -8.12. The van der Waals surface area contributed by atoms with Gasteiger partial charge in [-0.05, 0) is 24.3 Å². The van der Waals surface area contributed by atoms with Crippen LogP contribution in [0.25, 0.3) is 0 Å². The zero-order chi connectivity index (χ0) is 30.4. The van der Waals surface area contributed by atoms with Crippen LogP contribution in [0.4, 0.5) is 26.3 Å². The first-order valence-electron chi connectivity index (χ1n) is 11.5. The molecule has 7 nitrogen and oxygen atoms in total. The van der Waals surface area contributed by atoms with Crippen molar-refractivity contribution in [3.63, 3.8) is 0 Å². The van der Waals surface area contributed by atoms with Gasteiger partial charge in [0.05, 0.1) is 24.0 Å². The molecule has 0 aliphatic heterocycles. The Morgan fingerprint density at radius 1 is 0.683 bits per heavy atom. The van der Waals surface area contributed by atoms with Gasteiger partial charge in [0.2, 0.25) is 0 Å². The standard InChI is InChI=1S/C26H16Br2F6N2O5/c27-19-13-23(35(37)38,15-5-1-3-7-17(15)25(29,30)31)11-9-21(19)41-22-10-12-24(36(39)40,14-20(22)28)16-6-2-4-8-18(16)26(32,33)34/h1-12H,13-14H2. The molecule has 0 fully saturated rings. The van der Waals surface area contributed by atoms with Crippen LogP contribution in [-0.2, 0) is 28.2 Å². The van der Waals surface area contributed by atoms with Gasteiger partial charge in [-0.2, -0.15) is 26.3 Å². The molecule has 41 heavy (non-hydrogen) atoms. The van der Waals surface area contributed by atoms with E-state index >= 15 is 0 Å². The number of benzene rings is 2. The van der Waals surface area contributed by atoms with E-state index in [1.54, 1.807) is 0 Å². The van der Waals surface area contributed by atoms with Crippen LogP contribution >= 0.6 is 31.9 Å². The van der Waals surface area contributed by atoms with Gasteiger partial charge in [-0.3, -0.25) is 20.2 Å². The Bertz CT molecular complexity index is 1440. The van der Waals surface area contributed by atoms with E-state index in [1.807, 2.05) is 0 Å². The van der Waals surface area contributed by atoms with Crippen LogP contribution in [0.5, 0.6) is 0 Å². The lowest BCUT2D eigenvalue weighted by atomic mass is 9.81. The summed E-state index contributed by atoms with van der Waals surface area (Å²) in [7, 11) is 0. The predicted molar refractivity (Wildman–Crippen MR) is 141 cm³/mol. The molecule has 2 aromatic carbocycles. The fourth-order valence-electron chi connectivity index (χ4n) is 4.70. The number of allylic oxidation sites excluding steroid dienone is 2. The van der Waals surface area contributed by atoms with Crippen LogP contribution in [0.15, 0.2) is 93.3 Å². The smallest absolute Gasteiger partial charge is 0.416 e. The normalized spacial score (nSPS) is 23.1. The van der Waals surface area contributed by atoms with E-state index in [0.29, 0.717) is 0 Å². The van der Waals surface area contributed by atoms with Crippen molar-refractivity contribution < 1.29 is 40.9 Å². The summed E-state index contributed by atoms with van der Waals surface area (Å²) < 4.78 is 87.8. The van der Waals surface area contributed by atoms with Crippen molar-refractivity contribution in [2.45, 2.75) is 36.3 Å². The highest BCUT2D eigenvalue weighted by atomic mass is 79.9.